The third-order valence-corrected chi connectivity index (χ3v) is 4.11. The Hall–Kier alpha value is -0.580. The van der Waals surface area contributed by atoms with Gasteiger partial charge in [-0.15, -0.1) is 0 Å². The summed E-state index contributed by atoms with van der Waals surface area (Å²) in [5.74, 6) is 0. The average molecular weight is 343 g/mol. The van der Waals surface area contributed by atoms with E-state index in [2.05, 4.69) is 58.3 Å². The third-order valence-electron chi connectivity index (χ3n) is 3.37. The first-order valence-corrected chi connectivity index (χ1v) is 8.29. The quantitative estimate of drug-likeness (QED) is 0.638. The van der Waals surface area contributed by atoms with Crippen molar-refractivity contribution in [3.63, 3.8) is 0 Å². The molecule has 0 saturated heterocycles. The van der Waals surface area contributed by atoms with Crippen molar-refractivity contribution in [2.24, 2.45) is 0 Å². The highest BCUT2D eigenvalue weighted by Crippen LogP contribution is 2.24. The molecule has 0 heterocycles. The van der Waals surface area contributed by atoms with Gasteiger partial charge in [-0.2, -0.15) is 0 Å². The van der Waals surface area contributed by atoms with E-state index in [9.17, 15) is 0 Å². The first-order chi connectivity index (χ1) is 9.69. The average Bonchev–Trinajstić information content (AvgIpc) is 2.45. The molecule has 114 valence electrons. The molecule has 0 radical (unpaired) electrons. The molecule has 0 bridgehead atoms. The summed E-state index contributed by atoms with van der Waals surface area (Å²) >= 11 is 3.66. The van der Waals surface area contributed by atoms with Gasteiger partial charge >= 0.3 is 0 Å². The van der Waals surface area contributed by atoms with E-state index in [0.29, 0.717) is 6.61 Å². The van der Waals surface area contributed by atoms with Crippen molar-refractivity contribution in [3.8, 4) is 0 Å². The summed E-state index contributed by atoms with van der Waals surface area (Å²) in [6, 6.07) is 6.56. The minimum Gasteiger partial charge on any atom is -0.396 e. The van der Waals surface area contributed by atoms with Gasteiger partial charge in [0.1, 0.15) is 0 Å². The highest BCUT2D eigenvalue weighted by Gasteiger charge is 2.05. The van der Waals surface area contributed by atoms with Gasteiger partial charge in [-0.3, -0.25) is 0 Å². The summed E-state index contributed by atoms with van der Waals surface area (Å²) in [7, 11) is 2.12. The third kappa shape index (κ3) is 6.25. The number of halogens is 1. The van der Waals surface area contributed by atoms with Crippen LogP contribution in [0.3, 0.4) is 0 Å². The zero-order valence-corrected chi connectivity index (χ0v) is 14.2. The number of aliphatic hydroxyl groups is 1. The van der Waals surface area contributed by atoms with E-state index >= 15 is 0 Å². The lowest BCUT2D eigenvalue weighted by molar-refractivity contribution is 0.283. The Labute approximate surface area is 131 Å². The van der Waals surface area contributed by atoms with Gasteiger partial charge in [-0.25, -0.2) is 0 Å². The Kier molecular flexibility index (Phi) is 8.90. The van der Waals surface area contributed by atoms with Crippen LogP contribution in [-0.4, -0.2) is 31.9 Å². The minimum atomic E-state index is 0.300. The summed E-state index contributed by atoms with van der Waals surface area (Å²) in [6.07, 6.45) is 4.27. The molecule has 0 saturated carbocycles. The second-order valence-electron chi connectivity index (χ2n) is 5.16. The molecule has 0 spiro atoms. The van der Waals surface area contributed by atoms with E-state index in [1.807, 2.05) is 0 Å². The smallest absolute Gasteiger partial charge is 0.0431 e. The standard InChI is InChI=1S/C16H27BrN2O/c1-3-9-18-13-14-7-8-15(12-16(14)17)19(2)10-5-4-6-11-20/h7-8,12,18,20H,3-6,9-11,13H2,1-2H3. The second-order valence-corrected chi connectivity index (χ2v) is 6.01. The monoisotopic (exact) mass is 342 g/mol. The molecule has 0 unspecified atom stereocenters. The predicted molar refractivity (Wildman–Crippen MR) is 90.3 cm³/mol. The van der Waals surface area contributed by atoms with Crippen molar-refractivity contribution < 1.29 is 5.11 Å². The van der Waals surface area contributed by atoms with Crippen LogP contribution < -0.4 is 10.2 Å². The largest absolute Gasteiger partial charge is 0.396 e. The molecule has 3 nitrogen and oxygen atoms in total. The van der Waals surface area contributed by atoms with E-state index in [1.165, 1.54) is 15.7 Å². The summed E-state index contributed by atoms with van der Waals surface area (Å²) in [4.78, 5) is 2.27. The molecular weight excluding hydrogens is 316 g/mol. The number of rotatable bonds is 10. The van der Waals surface area contributed by atoms with Crippen LogP contribution in [0, 0.1) is 0 Å². The van der Waals surface area contributed by atoms with Crippen molar-refractivity contribution in [2.75, 3.05) is 31.6 Å². The van der Waals surface area contributed by atoms with Gasteiger partial charge in [0.2, 0.25) is 0 Å². The second kappa shape index (κ2) is 10.2. The van der Waals surface area contributed by atoms with Crippen LogP contribution in [0.25, 0.3) is 0 Å². The summed E-state index contributed by atoms with van der Waals surface area (Å²) in [5.41, 5.74) is 2.54. The van der Waals surface area contributed by atoms with Crippen LogP contribution >= 0.6 is 15.9 Å². The zero-order chi connectivity index (χ0) is 14.8. The van der Waals surface area contributed by atoms with E-state index in [0.717, 1.165) is 45.3 Å². The van der Waals surface area contributed by atoms with Crippen LogP contribution in [0.15, 0.2) is 22.7 Å². The highest BCUT2D eigenvalue weighted by molar-refractivity contribution is 9.10. The van der Waals surface area contributed by atoms with Crippen LogP contribution in [0.5, 0.6) is 0 Å². The first-order valence-electron chi connectivity index (χ1n) is 7.50. The van der Waals surface area contributed by atoms with Gasteiger partial charge in [-0.1, -0.05) is 28.9 Å². The molecule has 20 heavy (non-hydrogen) atoms. The number of aliphatic hydroxyl groups excluding tert-OH is 1. The van der Waals surface area contributed by atoms with Crippen molar-refractivity contribution >= 4 is 21.6 Å². The van der Waals surface area contributed by atoms with E-state index < -0.39 is 0 Å². The fourth-order valence-electron chi connectivity index (χ4n) is 2.08. The number of hydrogen-bond donors (Lipinski definition) is 2. The fraction of sp³-hybridized carbons (Fsp3) is 0.625. The number of nitrogens with zero attached hydrogens (tertiary/aromatic N) is 1. The first kappa shape index (κ1) is 17.5. The van der Waals surface area contributed by atoms with Crippen LogP contribution in [0.1, 0.15) is 38.2 Å². The Bertz CT molecular complexity index is 385. The van der Waals surface area contributed by atoms with E-state index in [1.54, 1.807) is 0 Å². The number of anilines is 1. The van der Waals surface area contributed by atoms with Crippen molar-refractivity contribution in [3.05, 3.63) is 28.2 Å². The molecule has 1 rings (SSSR count). The van der Waals surface area contributed by atoms with E-state index in [-0.39, 0.29) is 0 Å². The molecule has 1 aromatic carbocycles. The Morgan fingerprint density at radius 3 is 2.70 bits per heavy atom. The maximum Gasteiger partial charge on any atom is 0.0431 e. The van der Waals surface area contributed by atoms with Crippen molar-refractivity contribution in [2.45, 2.75) is 39.2 Å². The van der Waals surface area contributed by atoms with Crippen LogP contribution in [-0.2, 0) is 6.54 Å². The summed E-state index contributed by atoms with van der Waals surface area (Å²) < 4.78 is 1.17. The summed E-state index contributed by atoms with van der Waals surface area (Å²) in [6.45, 7) is 5.47. The molecule has 2 N–H and O–H groups in total. The minimum absolute atomic E-state index is 0.300. The lowest BCUT2D eigenvalue weighted by Crippen LogP contribution is -2.19. The molecule has 0 fully saturated rings. The molecule has 0 aliphatic carbocycles. The number of nitrogens with one attached hydrogen (secondary N) is 1. The molecule has 1 aromatic rings. The topological polar surface area (TPSA) is 35.5 Å². The van der Waals surface area contributed by atoms with E-state index in [4.69, 9.17) is 5.11 Å². The molecular formula is C16H27BrN2O. The van der Waals surface area contributed by atoms with Crippen molar-refractivity contribution in [1.82, 2.24) is 5.32 Å². The number of hydrogen-bond acceptors (Lipinski definition) is 3. The van der Waals surface area contributed by atoms with Gasteiger partial charge < -0.3 is 15.3 Å². The number of unbranched alkanes of at least 4 members (excludes halogenated alkanes) is 2. The Balaban J connectivity index is 2.48. The van der Waals surface area contributed by atoms with Gasteiger partial charge in [0.25, 0.3) is 0 Å². The van der Waals surface area contributed by atoms with Crippen LogP contribution in [0.4, 0.5) is 5.69 Å². The molecule has 0 aliphatic rings. The highest BCUT2D eigenvalue weighted by atomic mass is 79.9. The molecule has 0 aliphatic heterocycles. The number of benzene rings is 1. The summed E-state index contributed by atoms with van der Waals surface area (Å²) in [5, 5.41) is 12.2. The van der Waals surface area contributed by atoms with Crippen molar-refractivity contribution in [1.29, 1.82) is 0 Å². The maximum absolute atomic E-state index is 8.78. The SMILES string of the molecule is CCCNCc1ccc(N(C)CCCCCO)cc1Br. The molecule has 0 aromatic heterocycles. The van der Waals surface area contributed by atoms with Gasteiger partial charge in [-0.05, 0) is 49.9 Å². The molecule has 4 heteroatoms. The maximum atomic E-state index is 8.78. The lowest BCUT2D eigenvalue weighted by Gasteiger charge is -2.20. The molecule has 0 amide bonds. The zero-order valence-electron chi connectivity index (χ0n) is 12.7. The predicted octanol–water partition coefficient (Wildman–Crippen LogP) is 3.55. The van der Waals surface area contributed by atoms with Gasteiger partial charge in [0.15, 0.2) is 0 Å². The fourth-order valence-corrected chi connectivity index (χ4v) is 2.59. The van der Waals surface area contributed by atoms with Crippen LogP contribution in [0.2, 0.25) is 0 Å². The normalized spacial score (nSPS) is 10.8. The Morgan fingerprint density at radius 1 is 1.25 bits per heavy atom. The van der Waals surface area contributed by atoms with Gasteiger partial charge in [0, 0.05) is 36.9 Å². The lowest BCUT2D eigenvalue weighted by atomic mass is 10.2. The molecule has 0 atom stereocenters. The van der Waals surface area contributed by atoms with Gasteiger partial charge in [0.05, 0.1) is 0 Å². The Morgan fingerprint density at radius 2 is 2.05 bits per heavy atom.